The van der Waals surface area contributed by atoms with Crippen LogP contribution in [0.4, 0.5) is 11.4 Å². The van der Waals surface area contributed by atoms with Gasteiger partial charge in [-0.25, -0.2) is 9.13 Å². The first-order valence-electron chi connectivity index (χ1n) is 16.8. The molecule has 4 rings (SSSR count). The van der Waals surface area contributed by atoms with Gasteiger partial charge in [0.15, 0.2) is 37.9 Å². The van der Waals surface area contributed by atoms with E-state index < -0.39 is 0 Å². The second-order valence-electron chi connectivity index (χ2n) is 11.2. The second kappa shape index (κ2) is 18.5. The lowest BCUT2D eigenvalue weighted by molar-refractivity contribution is -0.705. The predicted octanol–water partition coefficient (Wildman–Crippen LogP) is 7.03. The van der Waals surface area contributed by atoms with Gasteiger partial charge in [0.25, 0.3) is 0 Å². The number of benzene rings is 2. The molecule has 0 aliphatic heterocycles. The molecule has 7 heteroatoms. The van der Waals surface area contributed by atoms with Crippen molar-refractivity contribution in [2.75, 3.05) is 63.4 Å². The van der Waals surface area contributed by atoms with E-state index in [4.69, 9.17) is 14.2 Å². The normalized spacial score (nSPS) is 11.4. The van der Waals surface area contributed by atoms with Crippen molar-refractivity contribution in [3.63, 3.8) is 0 Å². The van der Waals surface area contributed by atoms with Crippen LogP contribution >= 0.6 is 0 Å². The summed E-state index contributed by atoms with van der Waals surface area (Å²) in [5, 5.41) is 0. The van der Waals surface area contributed by atoms with Crippen molar-refractivity contribution < 1.29 is 23.3 Å². The van der Waals surface area contributed by atoms with E-state index in [0.717, 1.165) is 73.0 Å². The van der Waals surface area contributed by atoms with E-state index in [1.807, 2.05) is 0 Å². The van der Waals surface area contributed by atoms with Gasteiger partial charge < -0.3 is 24.0 Å². The molecule has 0 saturated carbocycles. The van der Waals surface area contributed by atoms with Gasteiger partial charge in [-0.1, -0.05) is 24.3 Å². The van der Waals surface area contributed by atoms with Crippen molar-refractivity contribution >= 4 is 35.7 Å². The number of ether oxygens (including phenoxy) is 3. The molecule has 0 aliphatic carbocycles. The molecule has 2 heterocycles. The predicted molar refractivity (Wildman–Crippen MR) is 195 cm³/mol. The Morgan fingerprint density at radius 3 is 1.26 bits per heavy atom. The van der Waals surface area contributed by atoms with Crippen molar-refractivity contribution in [1.82, 2.24) is 0 Å². The van der Waals surface area contributed by atoms with Gasteiger partial charge in [0.2, 0.25) is 0 Å². The lowest BCUT2D eigenvalue weighted by Crippen LogP contribution is -2.37. The van der Waals surface area contributed by atoms with E-state index >= 15 is 0 Å². The molecule has 0 spiro atoms. The third kappa shape index (κ3) is 10.2. The van der Waals surface area contributed by atoms with E-state index in [9.17, 15) is 0 Å². The Hall–Kier alpha value is -4.62. The third-order valence-electron chi connectivity index (χ3n) is 8.42. The molecule has 0 amide bonds. The monoisotopic (exact) mass is 636 g/mol. The van der Waals surface area contributed by atoms with E-state index in [1.165, 1.54) is 11.4 Å². The number of nitrogens with zero attached hydrogens (tertiary/aromatic N) is 4. The molecular weight excluding hydrogens is 584 g/mol. The zero-order valence-corrected chi connectivity index (χ0v) is 29.1. The van der Waals surface area contributed by atoms with E-state index in [1.54, 1.807) is 14.2 Å². The Kier molecular flexibility index (Phi) is 13.9. The Bertz CT molecular complexity index is 1460. The quantitative estimate of drug-likeness (QED) is 0.0867. The van der Waals surface area contributed by atoms with Crippen LogP contribution in [0.5, 0.6) is 11.5 Å². The van der Waals surface area contributed by atoms with Crippen LogP contribution in [0, 0.1) is 0 Å². The molecule has 0 N–H and O–H groups in total. The van der Waals surface area contributed by atoms with Gasteiger partial charge in [-0.15, -0.1) is 0 Å². The summed E-state index contributed by atoms with van der Waals surface area (Å²) in [5.41, 5.74) is 6.77. The number of anilines is 2. The highest BCUT2D eigenvalue weighted by Crippen LogP contribution is 2.28. The van der Waals surface area contributed by atoms with Crippen LogP contribution in [0.2, 0.25) is 0 Å². The Balaban J connectivity index is 1.21. The summed E-state index contributed by atoms with van der Waals surface area (Å²) in [5.74, 6) is 1.77. The number of pyridine rings is 2. The minimum absolute atomic E-state index is 0.659. The average molecular weight is 637 g/mol. The lowest BCUT2D eigenvalue weighted by atomic mass is 10.1. The van der Waals surface area contributed by atoms with Crippen LogP contribution in [-0.2, 0) is 17.8 Å². The molecule has 4 aromatic rings. The van der Waals surface area contributed by atoms with Gasteiger partial charge >= 0.3 is 0 Å². The molecule has 2 aromatic heterocycles. The topological polar surface area (TPSA) is 41.9 Å². The minimum atomic E-state index is 0.659. The maximum atomic E-state index is 5.94. The lowest BCUT2D eigenvalue weighted by Gasteiger charge is -2.22. The fourth-order valence-electron chi connectivity index (χ4n) is 5.52. The van der Waals surface area contributed by atoms with Gasteiger partial charge in [0.1, 0.15) is 24.7 Å². The summed E-state index contributed by atoms with van der Waals surface area (Å²) >= 11 is 0. The van der Waals surface area contributed by atoms with Crippen molar-refractivity contribution in [3.8, 4) is 11.5 Å². The van der Waals surface area contributed by atoms with Crippen LogP contribution in [-0.4, -0.2) is 53.6 Å². The highest BCUT2D eigenvalue weighted by Gasteiger charge is 2.09. The Labute approximate surface area is 282 Å². The van der Waals surface area contributed by atoms with Gasteiger partial charge in [0, 0.05) is 85.1 Å². The van der Waals surface area contributed by atoms with Crippen LogP contribution in [0.25, 0.3) is 24.3 Å². The molecule has 0 saturated heterocycles. The first-order valence-corrected chi connectivity index (χ1v) is 16.8. The van der Waals surface area contributed by atoms with Crippen LogP contribution < -0.4 is 28.4 Å². The van der Waals surface area contributed by atoms with Crippen molar-refractivity contribution in [2.45, 2.75) is 40.8 Å². The summed E-state index contributed by atoms with van der Waals surface area (Å²) in [7, 11) is 3.46. The number of rotatable bonds is 18. The minimum Gasteiger partial charge on any atom is -0.496 e. The van der Waals surface area contributed by atoms with Crippen molar-refractivity contribution in [2.24, 2.45) is 0 Å². The third-order valence-corrected chi connectivity index (χ3v) is 8.42. The van der Waals surface area contributed by atoms with E-state index in [-0.39, 0.29) is 0 Å². The van der Waals surface area contributed by atoms with Crippen LogP contribution in [0.1, 0.15) is 49.9 Å². The molecule has 0 aliphatic rings. The SMILES string of the molecule is CCN(CC)c1ccc(/C=C/c2cc[n+](CCOCC[n+]3ccc(/C=C/c4ccc(N(CC)CC)cc4OC)cc3)cc2)c(OC)c1. The first-order chi connectivity index (χ1) is 23.0. The largest absolute Gasteiger partial charge is 0.496 e. The molecule has 248 valence electrons. The fourth-order valence-corrected chi connectivity index (χ4v) is 5.52. The number of hydrogen-bond donors (Lipinski definition) is 0. The molecular formula is C40H52N4O3+2. The average Bonchev–Trinajstić information content (AvgIpc) is 3.12. The maximum Gasteiger partial charge on any atom is 0.171 e. The smallest absolute Gasteiger partial charge is 0.171 e. The van der Waals surface area contributed by atoms with Gasteiger partial charge in [-0.05, 0) is 63.1 Å². The molecule has 0 radical (unpaired) electrons. The van der Waals surface area contributed by atoms with Gasteiger partial charge in [-0.2, -0.15) is 0 Å². The zero-order chi connectivity index (χ0) is 33.4. The van der Waals surface area contributed by atoms with Crippen LogP contribution in [0.3, 0.4) is 0 Å². The molecule has 0 fully saturated rings. The zero-order valence-electron chi connectivity index (χ0n) is 29.1. The Morgan fingerprint density at radius 1 is 0.532 bits per heavy atom. The molecule has 0 bridgehead atoms. The number of methoxy groups -OCH3 is 2. The summed E-state index contributed by atoms with van der Waals surface area (Å²) < 4.78 is 21.6. The van der Waals surface area contributed by atoms with Gasteiger partial charge in [-0.3, -0.25) is 0 Å². The standard InChI is InChI=1S/C40H52N4O3/c1-7-43(8-2)37-17-15-35(39(31-37)45-5)13-11-33-19-23-41(24-20-33)27-29-47-30-28-42-25-21-34(22-26-42)12-14-36-16-18-38(32-40(36)46-6)44(9-3)10-4/h11-26,31-32H,7-10,27-30H2,1-6H3/q+2. The maximum absolute atomic E-state index is 5.94. The second-order valence-corrected chi connectivity index (χ2v) is 11.2. The number of aromatic nitrogens is 2. The van der Waals surface area contributed by atoms with Crippen LogP contribution in [0.15, 0.2) is 85.5 Å². The summed E-state index contributed by atoms with van der Waals surface area (Å²) in [4.78, 5) is 4.63. The first kappa shape index (κ1) is 35.2. The molecule has 7 nitrogen and oxygen atoms in total. The van der Waals surface area contributed by atoms with Crippen molar-refractivity contribution in [1.29, 1.82) is 0 Å². The fraction of sp³-hybridized carbons (Fsp3) is 0.350. The molecule has 2 aromatic carbocycles. The molecule has 0 unspecified atom stereocenters. The van der Waals surface area contributed by atoms with Crippen molar-refractivity contribution in [3.05, 3.63) is 108 Å². The summed E-state index contributed by atoms with van der Waals surface area (Å²) in [6.07, 6.45) is 16.8. The highest BCUT2D eigenvalue weighted by atomic mass is 16.5. The van der Waals surface area contributed by atoms with Gasteiger partial charge in [0.05, 0.1) is 14.2 Å². The summed E-state index contributed by atoms with van der Waals surface area (Å²) in [6, 6.07) is 21.3. The van der Waals surface area contributed by atoms with E-state index in [0.29, 0.717) is 13.2 Å². The summed E-state index contributed by atoms with van der Waals surface area (Å²) in [6.45, 7) is 15.5. The number of hydrogen-bond acceptors (Lipinski definition) is 5. The molecule has 47 heavy (non-hydrogen) atoms. The van der Waals surface area contributed by atoms with E-state index in [2.05, 4.69) is 156 Å². The highest BCUT2D eigenvalue weighted by molar-refractivity contribution is 5.75. The molecule has 0 atom stereocenters. The Morgan fingerprint density at radius 2 is 0.915 bits per heavy atom.